The van der Waals surface area contributed by atoms with Gasteiger partial charge in [0.2, 0.25) is 0 Å². The summed E-state index contributed by atoms with van der Waals surface area (Å²) in [6.07, 6.45) is 2.15. The highest BCUT2D eigenvalue weighted by molar-refractivity contribution is 7.84. The van der Waals surface area contributed by atoms with Crippen LogP contribution in [0.1, 0.15) is 50.3 Å². The van der Waals surface area contributed by atoms with Gasteiger partial charge in [0.1, 0.15) is 0 Å². The molecule has 0 aromatic heterocycles. The molecule has 0 spiro atoms. The lowest BCUT2D eigenvalue weighted by molar-refractivity contribution is 0.486. The molecule has 0 radical (unpaired) electrons. The van der Waals surface area contributed by atoms with Crippen molar-refractivity contribution in [1.82, 2.24) is 5.32 Å². The summed E-state index contributed by atoms with van der Waals surface area (Å²) in [5.41, 5.74) is 3.69. The van der Waals surface area contributed by atoms with E-state index < -0.39 is 10.8 Å². The molecular weight excluding hydrogens is 266 g/mol. The Morgan fingerprint density at radius 3 is 2.25 bits per heavy atom. The Labute approximate surface area is 126 Å². The Hall–Kier alpha value is -0.670. The highest BCUT2D eigenvalue weighted by Crippen LogP contribution is 2.15. The van der Waals surface area contributed by atoms with Crippen LogP contribution in [0, 0.1) is 13.8 Å². The van der Waals surface area contributed by atoms with E-state index in [-0.39, 0.29) is 5.25 Å². The van der Waals surface area contributed by atoms with Crippen LogP contribution in [0.3, 0.4) is 0 Å². The molecule has 0 aliphatic rings. The molecule has 0 aliphatic carbocycles. The standard InChI is InChI=1S/C17H29NOS/c1-6-8-18-17(7-2)15(5)20(19)12-16-10-13(3)9-14(4)11-16/h9-11,15,17-18H,6-8,12H2,1-5H3. The van der Waals surface area contributed by atoms with Crippen molar-refractivity contribution in [2.24, 2.45) is 0 Å². The number of hydrogen-bond acceptors (Lipinski definition) is 2. The molecule has 0 saturated heterocycles. The van der Waals surface area contributed by atoms with Gasteiger partial charge in [-0.15, -0.1) is 0 Å². The second kappa shape index (κ2) is 8.58. The molecule has 3 atom stereocenters. The van der Waals surface area contributed by atoms with Gasteiger partial charge in [0.25, 0.3) is 0 Å². The number of nitrogens with one attached hydrogen (secondary N) is 1. The van der Waals surface area contributed by atoms with Crippen LogP contribution in [-0.2, 0) is 16.6 Å². The second-order valence-electron chi connectivity index (χ2n) is 5.70. The summed E-state index contributed by atoms with van der Waals surface area (Å²) < 4.78 is 12.6. The van der Waals surface area contributed by atoms with Gasteiger partial charge in [0, 0.05) is 27.8 Å². The van der Waals surface area contributed by atoms with Gasteiger partial charge in [0.05, 0.1) is 0 Å². The van der Waals surface area contributed by atoms with Gasteiger partial charge in [-0.3, -0.25) is 4.21 Å². The van der Waals surface area contributed by atoms with E-state index in [0.29, 0.717) is 11.8 Å². The smallest absolute Gasteiger partial charge is 0.0489 e. The topological polar surface area (TPSA) is 29.1 Å². The molecule has 1 aromatic carbocycles. The zero-order valence-electron chi connectivity index (χ0n) is 13.5. The summed E-state index contributed by atoms with van der Waals surface area (Å²) in [6.45, 7) is 11.6. The molecule has 0 fully saturated rings. The molecule has 1 rings (SSSR count). The van der Waals surface area contributed by atoms with Crippen LogP contribution in [0.2, 0.25) is 0 Å². The molecule has 0 aliphatic heterocycles. The van der Waals surface area contributed by atoms with Gasteiger partial charge in [0.15, 0.2) is 0 Å². The molecule has 0 heterocycles. The number of rotatable bonds is 8. The van der Waals surface area contributed by atoms with Crippen molar-refractivity contribution in [2.45, 2.75) is 64.5 Å². The van der Waals surface area contributed by atoms with Gasteiger partial charge in [-0.2, -0.15) is 0 Å². The van der Waals surface area contributed by atoms with E-state index in [1.54, 1.807) is 0 Å². The Morgan fingerprint density at radius 1 is 1.15 bits per heavy atom. The van der Waals surface area contributed by atoms with Crippen molar-refractivity contribution in [3.05, 3.63) is 34.9 Å². The molecule has 3 heteroatoms. The maximum Gasteiger partial charge on any atom is 0.0489 e. The summed E-state index contributed by atoms with van der Waals surface area (Å²) in [4.78, 5) is 0. The third-order valence-electron chi connectivity index (χ3n) is 3.67. The van der Waals surface area contributed by atoms with Crippen molar-refractivity contribution in [3.63, 3.8) is 0 Å². The van der Waals surface area contributed by atoms with Crippen molar-refractivity contribution < 1.29 is 4.21 Å². The molecular formula is C17H29NOS. The van der Waals surface area contributed by atoms with Crippen molar-refractivity contribution in [3.8, 4) is 0 Å². The van der Waals surface area contributed by atoms with Crippen LogP contribution < -0.4 is 5.32 Å². The molecule has 1 N–H and O–H groups in total. The average Bonchev–Trinajstić information content (AvgIpc) is 2.38. The number of benzene rings is 1. The third kappa shape index (κ3) is 5.37. The molecule has 0 saturated carbocycles. The lowest BCUT2D eigenvalue weighted by Gasteiger charge is -2.23. The minimum atomic E-state index is -0.828. The molecule has 0 bridgehead atoms. The summed E-state index contributed by atoms with van der Waals surface area (Å²) >= 11 is 0. The zero-order valence-corrected chi connectivity index (χ0v) is 14.3. The van der Waals surface area contributed by atoms with Crippen molar-refractivity contribution >= 4 is 10.8 Å². The fourth-order valence-electron chi connectivity index (χ4n) is 2.60. The van der Waals surface area contributed by atoms with Crippen LogP contribution in [0.15, 0.2) is 18.2 Å². The second-order valence-corrected chi connectivity index (χ2v) is 7.49. The minimum absolute atomic E-state index is 0.187. The normalized spacial score (nSPS) is 15.8. The van der Waals surface area contributed by atoms with Crippen LogP contribution in [-0.4, -0.2) is 22.0 Å². The van der Waals surface area contributed by atoms with E-state index in [1.807, 2.05) is 0 Å². The van der Waals surface area contributed by atoms with Gasteiger partial charge in [-0.25, -0.2) is 0 Å². The molecule has 20 heavy (non-hydrogen) atoms. The Kier molecular flexibility index (Phi) is 7.46. The zero-order chi connectivity index (χ0) is 15.1. The highest BCUT2D eigenvalue weighted by atomic mass is 32.2. The maximum atomic E-state index is 12.6. The van der Waals surface area contributed by atoms with E-state index in [2.05, 4.69) is 58.1 Å². The molecule has 1 aromatic rings. The largest absolute Gasteiger partial charge is 0.313 e. The summed E-state index contributed by atoms with van der Waals surface area (Å²) in [7, 11) is -0.828. The predicted octanol–water partition coefficient (Wildman–Crippen LogP) is 3.72. The maximum absolute atomic E-state index is 12.6. The van der Waals surface area contributed by atoms with Crippen LogP contribution in [0.4, 0.5) is 0 Å². The van der Waals surface area contributed by atoms with E-state index in [1.165, 1.54) is 16.7 Å². The third-order valence-corrected chi connectivity index (χ3v) is 5.44. The lowest BCUT2D eigenvalue weighted by atomic mass is 10.1. The van der Waals surface area contributed by atoms with Crippen molar-refractivity contribution in [2.75, 3.05) is 6.54 Å². The first-order valence-electron chi connectivity index (χ1n) is 7.65. The summed E-state index contributed by atoms with van der Waals surface area (Å²) in [5, 5.41) is 3.70. The van der Waals surface area contributed by atoms with Crippen molar-refractivity contribution in [1.29, 1.82) is 0 Å². The Balaban J connectivity index is 2.68. The lowest BCUT2D eigenvalue weighted by Crippen LogP contribution is -2.40. The van der Waals surface area contributed by atoms with E-state index in [4.69, 9.17) is 0 Å². The molecule has 114 valence electrons. The average molecular weight is 295 g/mol. The SMILES string of the molecule is CCCNC(CC)C(C)S(=O)Cc1cc(C)cc(C)c1. The van der Waals surface area contributed by atoms with Gasteiger partial charge < -0.3 is 5.32 Å². The van der Waals surface area contributed by atoms with Gasteiger partial charge >= 0.3 is 0 Å². The fraction of sp³-hybridized carbons (Fsp3) is 0.647. The van der Waals surface area contributed by atoms with E-state index in [9.17, 15) is 4.21 Å². The minimum Gasteiger partial charge on any atom is -0.313 e. The monoisotopic (exact) mass is 295 g/mol. The van der Waals surface area contributed by atoms with E-state index >= 15 is 0 Å². The Bertz CT molecular complexity index is 424. The van der Waals surface area contributed by atoms with E-state index in [0.717, 1.165) is 19.4 Å². The van der Waals surface area contributed by atoms with Crippen LogP contribution >= 0.6 is 0 Å². The molecule has 2 nitrogen and oxygen atoms in total. The number of hydrogen-bond donors (Lipinski definition) is 1. The Morgan fingerprint density at radius 2 is 1.75 bits per heavy atom. The molecule has 3 unspecified atom stereocenters. The van der Waals surface area contributed by atoms with Gasteiger partial charge in [-0.05, 0) is 45.7 Å². The fourth-order valence-corrected chi connectivity index (χ4v) is 4.02. The number of aryl methyl sites for hydroxylation is 2. The first-order chi connectivity index (χ1) is 9.47. The summed E-state index contributed by atoms with van der Waals surface area (Å²) in [5.74, 6) is 0.661. The van der Waals surface area contributed by atoms with Crippen LogP contribution in [0.5, 0.6) is 0 Å². The quantitative estimate of drug-likeness (QED) is 0.792. The molecule has 0 amide bonds. The predicted molar refractivity (Wildman–Crippen MR) is 89.6 cm³/mol. The first-order valence-corrected chi connectivity index (χ1v) is 9.03. The first kappa shape index (κ1) is 17.4. The summed E-state index contributed by atoms with van der Waals surface area (Å²) in [6, 6.07) is 6.81. The highest BCUT2D eigenvalue weighted by Gasteiger charge is 2.20. The van der Waals surface area contributed by atoms with Crippen LogP contribution in [0.25, 0.3) is 0 Å². The van der Waals surface area contributed by atoms with Gasteiger partial charge in [-0.1, -0.05) is 43.2 Å².